The number of hydrogen-bond acceptors (Lipinski definition) is 5. The quantitative estimate of drug-likeness (QED) is 0.443. The molecule has 1 aromatic rings. The molecule has 0 unspecified atom stereocenters. The number of benzene rings is 1. The zero-order chi connectivity index (χ0) is 12.7. The van der Waals surface area contributed by atoms with Gasteiger partial charge in [0.15, 0.2) is 0 Å². The van der Waals surface area contributed by atoms with Gasteiger partial charge in [-0.05, 0) is 12.1 Å². The molecule has 0 amide bonds. The van der Waals surface area contributed by atoms with Crippen LogP contribution in [0.1, 0.15) is 0 Å². The summed E-state index contributed by atoms with van der Waals surface area (Å²) in [4.78, 5) is 10.3. The summed E-state index contributed by atoms with van der Waals surface area (Å²) in [7, 11) is 0. The van der Waals surface area contributed by atoms with Gasteiger partial charge in [-0.1, -0.05) is 11.6 Å². The van der Waals surface area contributed by atoms with Crippen molar-refractivity contribution in [1.82, 2.24) is 0 Å². The normalized spacial score (nSPS) is 10.2. The van der Waals surface area contributed by atoms with Crippen molar-refractivity contribution >= 4 is 23.0 Å². The molecular formula is C10H13ClN2O4. The molecule has 0 aliphatic rings. The van der Waals surface area contributed by atoms with Crippen LogP contribution in [0, 0.1) is 10.1 Å². The highest BCUT2D eigenvalue weighted by atomic mass is 35.5. The largest absolute Gasteiger partial charge is 0.394 e. The second kappa shape index (κ2) is 7.05. The van der Waals surface area contributed by atoms with Crippen molar-refractivity contribution in [2.75, 3.05) is 31.7 Å². The molecule has 2 N–H and O–H groups in total. The molecule has 6 nitrogen and oxygen atoms in total. The molecular weight excluding hydrogens is 248 g/mol. The third-order valence-electron chi connectivity index (χ3n) is 1.95. The highest BCUT2D eigenvalue weighted by Gasteiger charge is 2.13. The Morgan fingerprint density at radius 1 is 1.47 bits per heavy atom. The number of nitro benzene ring substituents is 1. The number of anilines is 1. The highest BCUT2D eigenvalue weighted by Crippen LogP contribution is 2.27. The molecule has 0 radical (unpaired) electrons. The Hall–Kier alpha value is -1.37. The van der Waals surface area contributed by atoms with Gasteiger partial charge in [0.2, 0.25) is 0 Å². The fourth-order valence-corrected chi connectivity index (χ4v) is 1.40. The van der Waals surface area contributed by atoms with Crippen molar-refractivity contribution < 1.29 is 14.8 Å². The Bertz CT molecular complexity index is 387. The monoisotopic (exact) mass is 260 g/mol. The van der Waals surface area contributed by atoms with E-state index in [0.717, 1.165) is 0 Å². The lowest BCUT2D eigenvalue weighted by atomic mass is 10.2. The van der Waals surface area contributed by atoms with Gasteiger partial charge in [0.25, 0.3) is 5.69 Å². The van der Waals surface area contributed by atoms with Gasteiger partial charge in [0.05, 0.1) is 24.7 Å². The lowest BCUT2D eigenvalue weighted by Gasteiger charge is -2.07. The lowest BCUT2D eigenvalue weighted by molar-refractivity contribution is -0.383. The van der Waals surface area contributed by atoms with Gasteiger partial charge in [0, 0.05) is 17.6 Å². The molecule has 94 valence electrons. The highest BCUT2D eigenvalue weighted by molar-refractivity contribution is 6.30. The molecule has 7 heteroatoms. The van der Waals surface area contributed by atoms with Gasteiger partial charge in [-0.15, -0.1) is 0 Å². The van der Waals surface area contributed by atoms with Crippen LogP contribution in [0.25, 0.3) is 0 Å². The number of hydrogen-bond donors (Lipinski definition) is 2. The average Bonchev–Trinajstić information content (AvgIpc) is 2.30. The van der Waals surface area contributed by atoms with Crippen molar-refractivity contribution in [1.29, 1.82) is 0 Å². The van der Waals surface area contributed by atoms with Crippen LogP contribution in [0.15, 0.2) is 18.2 Å². The van der Waals surface area contributed by atoms with Gasteiger partial charge < -0.3 is 15.2 Å². The fraction of sp³-hybridized carbons (Fsp3) is 0.400. The van der Waals surface area contributed by atoms with Crippen LogP contribution in [0.2, 0.25) is 5.02 Å². The van der Waals surface area contributed by atoms with Gasteiger partial charge >= 0.3 is 0 Å². The molecule has 0 aliphatic heterocycles. The molecule has 1 aromatic carbocycles. The van der Waals surface area contributed by atoms with E-state index in [1.165, 1.54) is 6.07 Å². The molecule has 0 heterocycles. The fourth-order valence-electron chi connectivity index (χ4n) is 1.23. The summed E-state index contributed by atoms with van der Waals surface area (Å²) in [5.74, 6) is 0. The Morgan fingerprint density at radius 2 is 2.24 bits per heavy atom. The number of aliphatic hydroxyl groups excluding tert-OH is 1. The number of ether oxygens (including phenoxy) is 1. The second-order valence-electron chi connectivity index (χ2n) is 3.18. The van der Waals surface area contributed by atoms with Crippen molar-refractivity contribution in [3.8, 4) is 0 Å². The Labute approximate surface area is 103 Å². The second-order valence-corrected chi connectivity index (χ2v) is 3.62. The predicted octanol–water partition coefficient (Wildman–Crippen LogP) is 1.67. The van der Waals surface area contributed by atoms with E-state index in [-0.39, 0.29) is 18.9 Å². The van der Waals surface area contributed by atoms with Crippen LogP contribution in [-0.4, -0.2) is 36.4 Å². The summed E-state index contributed by atoms with van der Waals surface area (Å²) < 4.78 is 5.02. The van der Waals surface area contributed by atoms with Crippen molar-refractivity contribution in [3.63, 3.8) is 0 Å². The zero-order valence-electron chi connectivity index (χ0n) is 9.06. The van der Waals surface area contributed by atoms with Crippen molar-refractivity contribution in [2.24, 2.45) is 0 Å². The molecule has 0 aliphatic carbocycles. The number of nitrogens with one attached hydrogen (secondary N) is 1. The molecule has 0 spiro atoms. The first-order valence-corrected chi connectivity index (χ1v) is 5.39. The molecule has 0 bridgehead atoms. The van der Waals surface area contributed by atoms with Crippen LogP contribution in [-0.2, 0) is 4.74 Å². The van der Waals surface area contributed by atoms with E-state index < -0.39 is 4.92 Å². The van der Waals surface area contributed by atoms with E-state index >= 15 is 0 Å². The van der Waals surface area contributed by atoms with Gasteiger partial charge in [-0.25, -0.2) is 0 Å². The van der Waals surface area contributed by atoms with E-state index in [0.29, 0.717) is 23.9 Å². The summed E-state index contributed by atoms with van der Waals surface area (Å²) in [6.07, 6.45) is 0. The van der Waals surface area contributed by atoms with Crippen LogP contribution in [0.4, 0.5) is 11.4 Å². The molecule has 0 atom stereocenters. The zero-order valence-corrected chi connectivity index (χ0v) is 9.81. The summed E-state index contributed by atoms with van der Waals surface area (Å²) in [5, 5.41) is 22.4. The predicted molar refractivity (Wildman–Crippen MR) is 64.5 cm³/mol. The maximum atomic E-state index is 10.8. The van der Waals surface area contributed by atoms with E-state index in [1.54, 1.807) is 12.1 Å². The maximum absolute atomic E-state index is 10.8. The third-order valence-corrected chi connectivity index (χ3v) is 2.19. The van der Waals surface area contributed by atoms with E-state index in [9.17, 15) is 10.1 Å². The topological polar surface area (TPSA) is 84.6 Å². The molecule has 0 saturated carbocycles. The number of nitro groups is 1. The number of halogens is 1. The number of nitrogens with zero attached hydrogens (tertiary/aromatic N) is 1. The maximum Gasteiger partial charge on any atom is 0.293 e. The Morgan fingerprint density at radius 3 is 2.88 bits per heavy atom. The smallest absolute Gasteiger partial charge is 0.293 e. The summed E-state index contributed by atoms with van der Waals surface area (Å²) in [5.41, 5.74) is 0.326. The first kappa shape index (κ1) is 13.7. The minimum Gasteiger partial charge on any atom is -0.394 e. The molecule has 0 aromatic heterocycles. The van der Waals surface area contributed by atoms with Crippen LogP contribution in [0.3, 0.4) is 0 Å². The standard InChI is InChI=1S/C10H13ClN2O4/c11-8-1-2-9(10(7-8)13(15)16)12-3-5-17-6-4-14/h1-2,7,12,14H,3-6H2. The van der Waals surface area contributed by atoms with E-state index in [1.807, 2.05) is 0 Å². The average molecular weight is 261 g/mol. The first-order chi connectivity index (χ1) is 8.15. The minimum atomic E-state index is -0.497. The minimum absolute atomic E-state index is 0.0406. The Balaban J connectivity index is 2.55. The summed E-state index contributed by atoms with van der Waals surface area (Å²) in [6, 6.07) is 4.41. The van der Waals surface area contributed by atoms with Gasteiger partial charge in [-0.2, -0.15) is 0 Å². The van der Waals surface area contributed by atoms with E-state index in [2.05, 4.69) is 5.32 Å². The summed E-state index contributed by atoms with van der Waals surface area (Å²) >= 11 is 5.68. The van der Waals surface area contributed by atoms with Gasteiger partial charge in [-0.3, -0.25) is 10.1 Å². The Kier molecular flexibility index (Phi) is 5.68. The lowest BCUT2D eigenvalue weighted by Crippen LogP contribution is -2.12. The summed E-state index contributed by atoms with van der Waals surface area (Å²) in [6.45, 7) is 0.994. The van der Waals surface area contributed by atoms with Crippen LogP contribution < -0.4 is 5.32 Å². The molecule has 17 heavy (non-hydrogen) atoms. The first-order valence-electron chi connectivity index (χ1n) is 5.01. The van der Waals surface area contributed by atoms with Crippen molar-refractivity contribution in [2.45, 2.75) is 0 Å². The van der Waals surface area contributed by atoms with Gasteiger partial charge in [0.1, 0.15) is 5.69 Å². The van der Waals surface area contributed by atoms with E-state index in [4.69, 9.17) is 21.4 Å². The number of aliphatic hydroxyl groups is 1. The SMILES string of the molecule is O=[N+]([O-])c1cc(Cl)ccc1NCCOCCO. The number of rotatable bonds is 7. The van der Waals surface area contributed by atoms with Crippen molar-refractivity contribution in [3.05, 3.63) is 33.3 Å². The van der Waals surface area contributed by atoms with Crippen LogP contribution in [0.5, 0.6) is 0 Å². The molecule has 0 saturated heterocycles. The van der Waals surface area contributed by atoms with Crippen LogP contribution >= 0.6 is 11.6 Å². The third kappa shape index (κ3) is 4.56. The molecule has 0 fully saturated rings. The molecule has 1 rings (SSSR count).